The van der Waals surface area contributed by atoms with Crippen LogP contribution in [0.25, 0.3) is 0 Å². The fraction of sp³-hybridized carbons (Fsp3) is 0.294. The van der Waals surface area contributed by atoms with E-state index in [-0.39, 0.29) is 19.1 Å². The molecule has 0 radical (unpaired) electrons. The first-order valence-corrected chi connectivity index (χ1v) is 7.47. The molecule has 0 aromatic heterocycles. The number of phenolic OH excluding ortho intramolecular Hbond substituents is 1. The number of rotatable bonds is 1. The number of hydrogen-bond acceptors (Lipinski definition) is 7. The third-order valence-electron chi connectivity index (χ3n) is 4.66. The maximum atomic E-state index is 11.2. The van der Waals surface area contributed by atoms with Gasteiger partial charge in [0.15, 0.2) is 34.7 Å². The van der Waals surface area contributed by atoms with Crippen LogP contribution in [0.5, 0.6) is 34.5 Å². The minimum Gasteiger partial charge on any atom is -0.504 e. The molecule has 2 aromatic rings. The molecule has 3 aliphatic rings. The Morgan fingerprint density at radius 3 is 2.62 bits per heavy atom. The van der Waals surface area contributed by atoms with E-state index in [1.54, 1.807) is 18.2 Å². The summed E-state index contributed by atoms with van der Waals surface area (Å²) >= 11 is 0. The second kappa shape index (κ2) is 4.39. The Kier molecular flexibility index (Phi) is 2.49. The normalized spacial score (nSPS) is 25.2. The van der Waals surface area contributed by atoms with Crippen molar-refractivity contribution < 1.29 is 33.9 Å². The van der Waals surface area contributed by atoms with Gasteiger partial charge in [0, 0.05) is 23.3 Å². The highest BCUT2D eigenvalue weighted by molar-refractivity contribution is 5.60. The summed E-state index contributed by atoms with van der Waals surface area (Å²) in [7, 11) is 1.46. The number of methoxy groups -OCH3 is 1. The molecule has 124 valence electrons. The summed E-state index contributed by atoms with van der Waals surface area (Å²) in [4.78, 5) is 0. The number of ether oxygens (including phenoxy) is 5. The van der Waals surface area contributed by atoms with E-state index in [1.807, 2.05) is 0 Å². The van der Waals surface area contributed by atoms with Gasteiger partial charge in [-0.3, -0.25) is 0 Å². The Labute approximate surface area is 136 Å². The van der Waals surface area contributed by atoms with Gasteiger partial charge in [-0.1, -0.05) is 0 Å². The molecule has 0 fully saturated rings. The minimum atomic E-state index is -1.37. The monoisotopic (exact) mass is 330 g/mol. The summed E-state index contributed by atoms with van der Waals surface area (Å²) in [5.74, 6) is 2.42. The molecule has 2 N–H and O–H groups in total. The number of aliphatic hydroxyl groups is 1. The predicted octanol–water partition coefficient (Wildman–Crippen LogP) is 1.84. The first-order chi connectivity index (χ1) is 11.6. The van der Waals surface area contributed by atoms with Crippen molar-refractivity contribution in [2.24, 2.45) is 0 Å². The smallest absolute Gasteiger partial charge is 0.231 e. The van der Waals surface area contributed by atoms with Gasteiger partial charge in [-0.25, -0.2) is 0 Å². The van der Waals surface area contributed by atoms with Crippen LogP contribution in [0.15, 0.2) is 24.3 Å². The number of hydrogen-bond donors (Lipinski definition) is 2. The molecule has 7 heteroatoms. The van der Waals surface area contributed by atoms with Gasteiger partial charge in [-0.05, 0) is 12.1 Å². The molecular weight excluding hydrogens is 316 g/mol. The van der Waals surface area contributed by atoms with Gasteiger partial charge in [0.2, 0.25) is 6.79 Å². The van der Waals surface area contributed by atoms with Gasteiger partial charge in [0.05, 0.1) is 7.11 Å². The van der Waals surface area contributed by atoms with Gasteiger partial charge in [-0.15, -0.1) is 0 Å². The SMILES string of the molecule is COc1cc2c(cc1O)[C@H]1Oc3cc4c(cc3[C@@]1(O)CO2)OCO4. The van der Waals surface area contributed by atoms with E-state index in [0.29, 0.717) is 39.9 Å². The lowest BCUT2D eigenvalue weighted by atomic mass is 9.84. The van der Waals surface area contributed by atoms with Gasteiger partial charge < -0.3 is 33.9 Å². The van der Waals surface area contributed by atoms with E-state index in [2.05, 4.69) is 0 Å². The summed E-state index contributed by atoms with van der Waals surface area (Å²) in [5.41, 5.74) is -0.234. The van der Waals surface area contributed by atoms with Crippen LogP contribution in [0.4, 0.5) is 0 Å². The first kappa shape index (κ1) is 13.6. The third-order valence-corrected chi connectivity index (χ3v) is 4.66. The van der Waals surface area contributed by atoms with Crippen molar-refractivity contribution in [3.8, 4) is 34.5 Å². The lowest BCUT2D eigenvalue weighted by Gasteiger charge is -2.35. The highest BCUT2D eigenvalue weighted by atomic mass is 16.7. The van der Waals surface area contributed by atoms with E-state index in [9.17, 15) is 10.2 Å². The standard InChI is InChI=1S/C17H14O7/c1-20-13-4-11-8(2-10(13)18)16-17(19,6-21-11)9-3-14-15(23-7-22-14)5-12(9)24-16/h2-5,16,18-19H,6-7H2,1H3/t16-,17+/m1/s1. The highest BCUT2D eigenvalue weighted by Gasteiger charge is 2.54. The Morgan fingerprint density at radius 2 is 1.83 bits per heavy atom. The van der Waals surface area contributed by atoms with Gasteiger partial charge >= 0.3 is 0 Å². The van der Waals surface area contributed by atoms with Crippen LogP contribution in [-0.2, 0) is 5.60 Å². The zero-order valence-electron chi connectivity index (χ0n) is 12.7. The van der Waals surface area contributed by atoms with Crippen LogP contribution < -0.4 is 23.7 Å². The molecule has 0 aliphatic carbocycles. The van der Waals surface area contributed by atoms with Crippen LogP contribution in [-0.4, -0.2) is 30.7 Å². The molecule has 0 saturated carbocycles. The molecule has 2 aromatic carbocycles. The highest BCUT2D eigenvalue weighted by Crippen LogP contribution is 2.57. The average Bonchev–Trinajstić information content (AvgIpc) is 3.14. The maximum Gasteiger partial charge on any atom is 0.231 e. The fourth-order valence-corrected chi connectivity index (χ4v) is 3.45. The summed E-state index contributed by atoms with van der Waals surface area (Å²) in [5, 5.41) is 21.3. The molecule has 2 atom stereocenters. The topological polar surface area (TPSA) is 86.6 Å². The van der Waals surface area contributed by atoms with Crippen LogP contribution in [0.1, 0.15) is 17.2 Å². The first-order valence-electron chi connectivity index (χ1n) is 7.47. The van der Waals surface area contributed by atoms with E-state index in [4.69, 9.17) is 23.7 Å². The minimum absolute atomic E-state index is 0.0191. The van der Waals surface area contributed by atoms with Crippen molar-refractivity contribution in [3.63, 3.8) is 0 Å². The van der Waals surface area contributed by atoms with Crippen molar-refractivity contribution in [3.05, 3.63) is 35.4 Å². The summed E-state index contributed by atoms with van der Waals surface area (Å²) < 4.78 is 27.5. The second-order valence-electron chi connectivity index (χ2n) is 5.97. The molecule has 5 rings (SSSR count). The number of aromatic hydroxyl groups is 1. The largest absolute Gasteiger partial charge is 0.504 e. The quantitative estimate of drug-likeness (QED) is 0.825. The van der Waals surface area contributed by atoms with Gasteiger partial charge in [0.1, 0.15) is 18.1 Å². The molecule has 0 unspecified atom stereocenters. The third kappa shape index (κ3) is 1.59. The molecular formula is C17H14O7. The zero-order chi connectivity index (χ0) is 16.5. The van der Waals surface area contributed by atoms with E-state index in [1.165, 1.54) is 13.2 Å². The molecule has 0 amide bonds. The molecule has 0 bridgehead atoms. The Balaban J connectivity index is 1.65. The van der Waals surface area contributed by atoms with Crippen LogP contribution in [0.3, 0.4) is 0 Å². The Morgan fingerprint density at radius 1 is 1.04 bits per heavy atom. The molecule has 0 spiro atoms. The maximum absolute atomic E-state index is 11.2. The van der Waals surface area contributed by atoms with Crippen molar-refractivity contribution in [2.45, 2.75) is 11.7 Å². The molecule has 7 nitrogen and oxygen atoms in total. The van der Waals surface area contributed by atoms with Crippen molar-refractivity contribution in [1.82, 2.24) is 0 Å². The second-order valence-corrected chi connectivity index (χ2v) is 5.97. The average molecular weight is 330 g/mol. The number of phenols is 1. The lowest BCUT2D eigenvalue weighted by Crippen LogP contribution is -2.41. The Bertz CT molecular complexity index is 863. The summed E-state index contributed by atoms with van der Waals surface area (Å²) in [6.07, 6.45) is -0.699. The van der Waals surface area contributed by atoms with Crippen molar-refractivity contribution in [1.29, 1.82) is 0 Å². The molecule has 3 aliphatic heterocycles. The lowest BCUT2D eigenvalue weighted by molar-refractivity contribution is -0.0865. The van der Waals surface area contributed by atoms with E-state index < -0.39 is 11.7 Å². The molecule has 0 saturated heterocycles. The van der Waals surface area contributed by atoms with Crippen LogP contribution in [0, 0.1) is 0 Å². The number of benzene rings is 2. The van der Waals surface area contributed by atoms with E-state index in [0.717, 1.165) is 0 Å². The Hall–Kier alpha value is -2.80. The number of fused-ring (bicyclic) bond motifs is 6. The fourth-order valence-electron chi connectivity index (χ4n) is 3.45. The van der Waals surface area contributed by atoms with Gasteiger partial charge in [-0.2, -0.15) is 0 Å². The summed E-state index contributed by atoms with van der Waals surface area (Å²) in [6, 6.07) is 6.50. The van der Waals surface area contributed by atoms with Gasteiger partial charge in [0.25, 0.3) is 0 Å². The molecule has 3 heterocycles. The van der Waals surface area contributed by atoms with E-state index >= 15 is 0 Å². The predicted molar refractivity (Wildman–Crippen MR) is 80.0 cm³/mol. The summed E-state index contributed by atoms with van der Waals surface area (Å²) in [6.45, 7) is 0.165. The van der Waals surface area contributed by atoms with Crippen molar-refractivity contribution in [2.75, 3.05) is 20.5 Å². The molecule has 24 heavy (non-hydrogen) atoms. The van der Waals surface area contributed by atoms with Crippen molar-refractivity contribution >= 4 is 0 Å². The van der Waals surface area contributed by atoms with Crippen LogP contribution in [0.2, 0.25) is 0 Å². The zero-order valence-corrected chi connectivity index (χ0v) is 12.7. The van der Waals surface area contributed by atoms with Crippen LogP contribution >= 0.6 is 0 Å².